The molecule has 1 saturated heterocycles. The fraction of sp³-hybridized carbons (Fsp3) is 0.556. The number of hydrogen-bond acceptors (Lipinski definition) is 4. The number of hydrogen-bond donors (Lipinski definition) is 1. The number of carbonyl (C=O) groups excluding carboxylic acids is 2. The lowest BCUT2D eigenvalue weighted by atomic mass is 10.1. The highest BCUT2D eigenvalue weighted by molar-refractivity contribution is 6.02. The number of rotatable bonds is 5. The monoisotopic (exact) mass is 334 g/mol. The van der Waals surface area contributed by atoms with Crippen LogP contribution in [0.2, 0.25) is 0 Å². The molecule has 6 nitrogen and oxygen atoms in total. The van der Waals surface area contributed by atoms with E-state index in [9.17, 15) is 9.59 Å². The van der Waals surface area contributed by atoms with Crippen molar-refractivity contribution in [1.29, 1.82) is 0 Å². The van der Waals surface area contributed by atoms with Gasteiger partial charge in [0, 0.05) is 19.7 Å². The second-order valence-electron chi connectivity index (χ2n) is 6.38. The van der Waals surface area contributed by atoms with Crippen LogP contribution in [0.1, 0.15) is 37.0 Å². The molecule has 1 aromatic rings. The molecule has 0 aromatic heterocycles. The molecule has 1 fully saturated rings. The molecule has 1 aliphatic heterocycles. The van der Waals surface area contributed by atoms with Gasteiger partial charge in [0.05, 0.1) is 24.5 Å². The van der Waals surface area contributed by atoms with E-state index in [0.717, 1.165) is 19.4 Å². The molecule has 132 valence electrons. The average molecular weight is 334 g/mol. The summed E-state index contributed by atoms with van der Waals surface area (Å²) in [7, 11) is 1.29. The molecular weight excluding hydrogens is 308 g/mol. The number of amides is 2. The normalized spacial score (nSPS) is 15.4. The van der Waals surface area contributed by atoms with Crippen LogP contribution in [0.4, 0.5) is 10.5 Å². The van der Waals surface area contributed by atoms with Crippen molar-refractivity contribution < 1.29 is 19.1 Å². The third-order valence-electron chi connectivity index (χ3n) is 3.97. The van der Waals surface area contributed by atoms with Gasteiger partial charge in [-0.05, 0) is 30.9 Å². The van der Waals surface area contributed by atoms with Crippen LogP contribution in [0.15, 0.2) is 24.3 Å². The molecule has 1 N–H and O–H groups in total. The van der Waals surface area contributed by atoms with Crippen molar-refractivity contribution in [2.45, 2.75) is 32.8 Å². The molecule has 0 saturated carbocycles. The number of methoxy groups -OCH3 is 1. The first-order chi connectivity index (χ1) is 11.5. The summed E-state index contributed by atoms with van der Waals surface area (Å²) in [6.07, 6.45) is 1.31. The fourth-order valence-corrected chi connectivity index (χ4v) is 2.66. The molecule has 0 unspecified atom stereocenters. The smallest absolute Gasteiger partial charge is 0.411 e. The Morgan fingerprint density at radius 1 is 1.25 bits per heavy atom. The molecule has 6 heteroatoms. The quantitative estimate of drug-likeness (QED) is 0.898. The number of para-hydroxylation sites is 1. The molecule has 0 radical (unpaired) electrons. The lowest BCUT2D eigenvalue weighted by Gasteiger charge is -2.32. The maximum atomic E-state index is 12.8. The van der Waals surface area contributed by atoms with Crippen LogP contribution in [0.3, 0.4) is 0 Å². The number of carbonyl (C=O) groups is 2. The minimum Gasteiger partial charge on any atom is -0.453 e. The molecule has 1 aliphatic rings. The van der Waals surface area contributed by atoms with Gasteiger partial charge in [-0.1, -0.05) is 26.0 Å². The lowest BCUT2D eigenvalue weighted by Crippen LogP contribution is -2.41. The Kier molecular flexibility index (Phi) is 6.61. The van der Waals surface area contributed by atoms with Crippen molar-refractivity contribution in [1.82, 2.24) is 4.90 Å². The van der Waals surface area contributed by atoms with Crippen LogP contribution in [-0.2, 0) is 9.47 Å². The maximum Gasteiger partial charge on any atom is 0.411 e. The first-order valence-corrected chi connectivity index (χ1v) is 8.36. The van der Waals surface area contributed by atoms with Crippen molar-refractivity contribution >= 4 is 17.7 Å². The Morgan fingerprint density at radius 3 is 2.54 bits per heavy atom. The Labute approximate surface area is 143 Å². The van der Waals surface area contributed by atoms with E-state index in [0.29, 0.717) is 30.3 Å². The van der Waals surface area contributed by atoms with E-state index in [1.165, 1.54) is 7.11 Å². The number of benzene rings is 1. The number of likely N-dealkylation sites (tertiary alicyclic amines) is 1. The second kappa shape index (κ2) is 8.68. The van der Waals surface area contributed by atoms with Gasteiger partial charge in [-0.15, -0.1) is 0 Å². The van der Waals surface area contributed by atoms with Crippen molar-refractivity contribution in [3.63, 3.8) is 0 Å². The lowest BCUT2D eigenvalue weighted by molar-refractivity contribution is -0.00228. The van der Waals surface area contributed by atoms with Gasteiger partial charge in [0.25, 0.3) is 5.91 Å². The first kappa shape index (κ1) is 18.3. The van der Waals surface area contributed by atoms with E-state index >= 15 is 0 Å². The van der Waals surface area contributed by atoms with E-state index in [4.69, 9.17) is 4.74 Å². The number of anilines is 1. The van der Waals surface area contributed by atoms with Crippen LogP contribution in [0.5, 0.6) is 0 Å². The van der Waals surface area contributed by atoms with Crippen molar-refractivity contribution in [2.24, 2.45) is 5.92 Å². The van der Waals surface area contributed by atoms with Gasteiger partial charge in [-0.3, -0.25) is 10.1 Å². The molecular formula is C18H26N2O4. The van der Waals surface area contributed by atoms with Crippen LogP contribution >= 0.6 is 0 Å². The van der Waals surface area contributed by atoms with Gasteiger partial charge in [-0.2, -0.15) is 0 Å². The third-order valence-corrected chi connectivity index (χ3v) is 3.97. The van der Waals surface area contributed by atoms with Crippen molar-refractivity contribution in [3.05, 3.63) is 29.8 Å². The SMILES string of the molecule is COC(=O)Nc1ccccc1C(=O)N1CCC(OCC(C)C)CC1. The summed E-state index contributed by atoms with van der Waals surface area (Å²) < 4.78 is 10.5. The topological polar surface area (TPSA) is 67.9 Å². The van der Waals surface area contributed by atoms with Gasteiger partial charge in [0.1, 0.15) is 0 Å². The number of nitrogens with one attached hydrogen (secondary N) is 1. The summed E-state index contributed by atoms with van der Waals surface area (Å²) in [6, 6.07) is 6.97. The Hall–Kier alpha value is -2.08. The molecule has 24 heavy (non-hydrogen) atoms. The van der Waals surface area contributed by atoms with E-state index < -0.39 is 6.09 Å². The van der Waals surface area contributed by atoms with Gasteiger partial charge >= 0.3 is 6.09 Å². The highest BCUT2D eigenvalue weighted by Crippen LogP contribution is 2.21. The second-order valence-corrected chi connectivity index (χ2v) is 6.38. The Bertz CT molecular complexity index is 566. The molecule has 2 rings (SSSR count). The minimum atomic E-state index is -0.587. The summed E-state index contributed by atoms with van der Waals surface area (Å²) in [5, 5.41) is 2.59. The summed E-state index contributed by atoms with van der Waals surface area (Å²) in [5.41, 5.74) is 0.942. The van der Waals surface area contributed by atoms with Crippen molar-refractivity contribution in [3.8, 4) is 0 Å². The first-order valence-electron chi connectivity index (χ1n) is 8.36. The van der Waals surface area contributed by atoms with Gasteiger partial charge in [0.2, 0.25) is 0 Å². The summed E-state index contributed by atoms with van der Waals surface area (Å²) in [5.74, 6) is 0.435. The van der Waals surface area contributed by atoms with Crippen molar-refractivity contribution in [2.75, 3.05) is 32.1 Å². The predicted molar refractivity (Wildman–Crippen MR) is 92.2 cm³/mol. The predicted octanol–water partition coefficient (Wildman–Crippen LogP) is 3.14. The highest BCUT2D eigenvalue weighted by atomic mass is 16.5. The maximum absolute atomic E-state index is 12.8. The van der Waals surface area contributed by atoms with Crippen LogP contribution in [0, 0.1) is 5.92 Å². The van der Waals surface area contributed by atoms with E-state index in [1.807, 2.05) is 4.90 Å². The zero-order valence-electron chi connectivity index (χ0n) is 14.6. The van der Waals surface area contributed by atoms with E-state index in [2.05, 4.69) is 23.9 Å². The van der Waals surface area contributed by atoms with Gasteiger partial charge in [-0.25, -0.2) is 4.79 Å². The van der Waals surface area contributed by atoms with Crippen LogP contribution < -0.4 is 5.32 Å². The molecule has 1 aromatic carbocycles. The van der Waals surface area contributed by atoms with E-state index in [1.54, 1.807) is 24.3 Å². The average Bonchev–Trinajstić information content (AvgIpc) is 2.60. The standard InChI is InChI=1S/C18H26N2O4/c1-13(2)12-24-14-8-10-20(11-9-14)17(21)15-6-4-5-7-16(15)19-18(22)23-3/h4-7,13-14H,8-12H2,1-3H3,(H,19,22). The molecule has 0 atom stereocenters. The van der Waals surface area contributed by atoms with Crippen LogP contribution in [0.25, 0.3) is 0 Å². The largest absolute Gasteiger partial charge is 0.453 e. The third kappa shape index (κ3) is 4.96. The van der Waals surface area contributed by atoms with Gasteiger partial charge in [0.15, 0.2) is 0 Å². The number of nitrogens with zero attached hydrogens (tertiary/aromatic N) is 1. The molecule has 0 aliphatic carbocycles. The Morgan fingerprint density at radius 2 is 1.92 bits per heavy atom. The molecule has 0 spiro atoms. The number of ether oxygens (including phenoxy) is 2. The number of piperidine rings is 1. The van der Waals surface area contributed by atoms with E-state index in [-0.39, 0.29) is 12.0 Å². The fourth-order valence-electron chi connectivity index (χ4n) is 2.66. The molecule has 1 heterocycles. The summed E-state index contributed by atoms with van der Waals surface area (Å²) in [6.45, 7) is 6.33. The Balaban J connectivity index is 1.97. The molecule has 0 bridgehead atoms. The summed E-state index contributed by atoms with van der Waals surface area (Å²) in [4.78, 5) is 26.0. The zero-order chi connectivity index (χ0) is 17.5. The molecule has 2 amide bonds. The van der Waals surface area contributed by atoms with Crippen LogP contribution in [-0.4, -0.2) is 49.8 Å². The minimum absolute atomic E-state index is 0.0793. The zero-order valence-corrected chi connectivity index (χ0v) is 14.6. The summed E-state index contributed by atoms with van der Waals surface area (Å²) >= 11 is 0. The highest BCUT2D eigenvalue weighted by Gasteiger charge is 2.25. The van der Waals surface area contributed by atoms with Gasteiger partial charge < -0.3 is 14.4 Å².